The Balaban J connectivity index is 0.00000364. The summed E-state index contributed by atoms with van der Waals surface area (Å²) in [6, 6.07) is 10.5. The van der Waals surface area contributed by atoms with Gasteiger partial charge in [-0.1, -0.05) is 18.2 Å². The van der Waals surface area contributed by atoms with Crippen molar-refractivity contribution in [1.29, 1.82) is 0 Å². The molecule has 1 aliphatic rings. The van der Waals surface area contributed by atoms with Crippen molar-refractivity contribution in [1.82, 2.24) is 16.0 Å². The lowest BCUT2D eigenvalue weighted by Crippen LogP contribution is -2.44. The number of aliphatic imine (C=N–C) groups is 1. The Bertz CT molecular complexity index is 600. The first-order valence-corrected chi connectivity index (χ1v) is 9.50. The van der Waals surface area contributed by atoms with Gasteiger partial charge in [0.15, 0.2) is 5.96 Å². The van der Waals surface area contributed by atoms with E-state index in [0.29, 0.717) is 11.9 Å². The molecule has 2 rings (SSSR count). The Morgan fingerprint density at radius 2 is 1.93 bits per heavy atom. The van der Waals surface area contributed by atoms with Crippen LogP contribution in [0.3, 0.4) is 0 Å². The molecular formula is C20H34IN5O. The van der Waals surface area contributed by atoms with E-state index in [1.165, 1.54) is 5.69 Å². The normalized spacial score (nSPS) is 17.3. The number of hydrogen-bond donors (Lipinski definition) is 3. The van der Waals surface area contributed by atoms with E-state index in [1.54, 1.807) is 0 Å². The summed E-state index contributed by atoms with van der Waals surface area (Å²) in [6.45, 7) is 11.8. The first kappa shape index (κ1) is 23.5. The first-order chi connectivity index (χ1) is 12.4. The van der Waals surface area contributed by atoms with Crippen LogP contribution in [0.5, 0.6) is 0 Å². The molecule has 1 unspecified atom stereocenters. The third-order valence-electron chi connectivity index (χ3n) is 4.20. The predicted molar refractivity (Wildman–Crippen MR) is 124 cm³/mol. The van der Waals surface area contributed by atoms with Gasteiger partial charge in [0.25, 0.3) is 0 Å². The molecule has 1 atom stereocenters. The standard InChI is InChI=1S/C20H33N5O.HI/c1-5-21-19(23-14-18(26)24-20(2,3)4)22-13-16-11-12-25(15-16)17-9-7-6-8-10-17;/h6-10,16H,5,11-15H2,1-4H3,(H,24,26)(H2,21,22,23);1H. The SMILES string of the molecule is CCNC(=NCC(=O)NC(C)(C)C)NCC1CCN(c2ccccc2)C1.I. The number of nitrogens with zero attached hydrogens (tertiary/aromatic N) is 2. The van der Waals surface area contributed by atoms with Crippen molar-refractivity contribution in [3.63, 3.8) is 0 Å². The number of para-hydroxylation sites is 1. The number of anilines is 1. The van der Waals surface area contributed by atoms with Gasteiger partial charge >= 0.3 is 0 Å². The number of carbonyl (C=O) groups is 1. The summed E-state index contributed by atoms with van der Waals surface area (Å²) in [5.41, 5.74) is 1.05. The van der Waals surface area contributed by atoms with Crippen molar-refractivity contribution >= 4 is 41.5 Å². The zero-order valence-corrected chi connectivity index (χ0v) is 19.2. The van der Waals surface area contributed by atoms with E-state index in [9.17, 15) is 4.79 Å². The van der Waals surface area contributed by atoms with Crippen LogP contribution in [0.15, 0.2) is 35.3 Å². The van der Waals surface area contributed by atoms with E-state index in [1.807, 2.05) is 33.8 Å². The van der Waals surface area contributed by atoms with Crippen LogP contribution in [0, 0.1) is 5.92 Å². The summed E-state index contributed by atoms with van der Waals surface area (Å²) >= 11 is 0. The minimum atomic E-state index is -0.233. The number of rotatable bonds is 6. The van der Waals surface area contributed by atoms with Crippen molar-refractivity contribution in [3.05, 3.63) is 30.3 Å². The summed E-state index contributed by atoms with van der Waals surface area (Å²) in [5, 5.41) is 9.53. The maximum atomic E-state index is 11.9. The van der Waals surface area contributed by atoms with Crippen LogP contribution < -0.4 is 20.9 Å². The number of benzene rings is 1. The molecule has 27 heavy (non-hydrogen) atoms. The van der Waals surface area contributed by atoms with E-state index in [-0.39, 0.29) is 42.0 Å². The van der Waals surface area contributed by atoms with Crippen LogP contribution in [0.2, 0.25) is 0 Å². The fourth-order valence-corrected chi connectivity index (χ4v) is 3.06. The second-order valence-corrected chi connectivity index (χ2v) is 7.81. The third-order valence-corrected chi connectivity index (χ3v) is 4.20. The van der Waals surface area contributed by atoms with Gasteiger partial charge in [-0.15, -0.1) is 24.0 Å². The predicted octanol–water partition coefficient (Wildman–Crippen LogP) is 2.60. The second kappa shape index (κ2) is 11.4. The minimum Gasteiger partial charge on any atom is -0.371 e. The lowest BCUT2D eigenvalue weighted by atomic mass is 10.1. The van der Waals surface area contributed by atoms with Crippen LogP contribution in [-0.2, 0) is 4.79 Å². The molecule has 7 heteroatoms. The maximum absolute atomic E-state index is 11.9. The molecule has 0 radical (unpaired) electrons. The summed E-state index contributed by atoms with van der Waals surface area (Å²) < 4.78 is 0. The Morgan fingerprint density at radius 3 is 2.56 bits per heavy atom. The van der Waals surface area contributed by atoms with Gasteiger partial charge in [0.2, 0.25) is 5.91 Å². The molecular weight excluding hydrogens is 453 g/mol. The molecule has 0 spiro atoms. The molecule has 1 aromatic rings. The third kappa shape index (κ3) is 8.81. The molecule has 1 heterocycles. The molecule has 1 amide bonds. The highest BCUT2D eigenvalue weighted by Crippen LogP contribution is 2.22. The number of halogens is 1. The highest BCUT2D eigenvalue weighted by molar-refractivity contribution is 14.0. The molecule has 1 aliphatic heterocycles. The highest BCUT2D eigenvalue weighted by Gasteiger charge is 2.22. The molecule has 1 fully saturated rings. The van der Waals surface area contributed by atoms with Gasteiger partial charge < -0.3 is 20.9 Å². The Hall–Kier alpha value is -1.51. The lowest BCUT2D eigenvalue weighted by Gasteiger charge is -2.20. The first-order valence-electron chi connectivity index (χ1n) is 9.50. The van der Waals surface area contributed by atoms with Crippen molar-refractivity contribution in [2.24, 2.45) is 10.9 Å². The topological polar surface area (TPSA) is 68.8 Å². The number of guanidine groups is 1. The summed E-state index contributed by atoms with van der Waals surface area (Å²) in [5.74, 6) is 1.21. The highest BCUT2D eigenvalue weighted by atomic mass is 127. The average molecular weight is 487 g/mol. The van der Waals surface area contributed by atoms with Crippen LogP contribution in [0.1, 0.15) is 34.1 Å². The number of amides is 1. The zero-order chi connectivity index (χ0) is 19.0. The fourth-order valence-electron chi connectivity index (χ4n) is 3.06. The van der Waals surface area contributed by atoms with Gasteiger partial charge in [-0.2, -0.15) is 0 Å². The van der Waals surface area contributed by atoms with Crippen LogP contribution >= 0.6 is 24.0 Å². The van der Waals surface area contributed by atoms with E-state index < -0.39 is 0 Å². The minimum absolute atomic E-state index is 0. The maximum Gasteiger partial charge on any atom is 0.242 e. The van der Waals surface area contributed by atoms with Crippen molar-refractivity contribution in [3.8, 4) is 0 Å². The second-order valence-electron chi connectivity index (χ2n) is 7.81. The summed E-state index contributed by atoms with van der Waals surface area (Å²) in [7, 11) is 0. The van der Waals surface area contributed by atoms with E-state index >= 15 is 0 Å². The molecule has 0 aliphatic carbocycles. The molecule has 0 aromatic heterocycles. The van der Waals surface area contributed by atoms with Gasteiger partial charge in [-0.25, -0.2) is 4.99 Å². The molecule has 1 aromatic carbocycles. The molecule has 6 nitrogen and oxygen atoms in total. The van der Waals surface area contributed by atoms with Gasteiger partial charge in [0.05, 0.1) is 0 Å². The van der Waals surface area contributed by atoms with Crippen LogP contribution in [0.4, 0.5) is 5.69 Å². The van der Waals surface area contributed by atoms with E-state index in [4.69, 9.17) is 0 Å². The van der Waals surface area contributed by atoms with Crippen LogP contribution in [0.25, 0.3) is 0 Å². The van der Waals surface area contributed by atoms with Gasteiger partial charge in [-0.05, 0) is 52.2 Å². The largest absolute Gasteiger partial charge is 0.371 e. The van der Waals surface area contributed by atoms with E-state index in [2.05, 4.69) is 50.1 Å². The summed E-state index contributed by atoms with van der Waals surface area (Å²) in [4.78, 5) is 18.8. The monoisotopic (exact) mass is 487 g/mol. The molecule has 3 N–H and O–H groups in total. The van der Waals surface area contributed by atoms with E-state index in [0.717, 1.165) is 32.6 Å². The molecule has 1 saturated heterocycles. The van der Waals surface area contributed by atoms with Gasteiger partial charge in [0, 0.05) is 37.4 Å². The molecule has 0 saturated carbocycles. The lowest BCUT2D eigenvalue weighted by molar-refractivity contribution is -0.121. The Morgan fingerprint density at radius 1 is 1.22 bits per heavy atom. The smallest absolute Gasteiger partial charge is 0.242 e. The number of nitrogens with one attached hydrogen (secondary N) is 3. The number of carbonyl (C=O) groups excluding carboxylic acids is 1. The van der Waals surface area contributed by atoms with Crippen molar-refractivity contribution < 1.29 is 4.79 Å². The average Bonchev–Trinajstić information content (AvgIpc) is 3.05. The molecule has 152 valence electrons. The quantitative estimate of drug-likeness (QED) is 0.328. The van der Waals surface area contributed by atoms with Crippen molar-refractivity contribution in [2.45, 2.75) is 39.7 Å². The Kier molecular flexibility index (Phi) is 9.90. The zero-order valence-electron chi connectivity index (χ0n) is 16.9. The summed E-state index contributed by atoms with van der Waals surface area (Å²) in [6.07, 6.45) is 1.16. The van der Waals surface area contributed by atoms with Gasteiger partial charge in [-0.3, -0.25) is 4.79 Å². The molecule has 0 bridgehead atoms. The fraction of sp³-hybridized carbons (Fsp3) is 0.600. The number of hydrogen-bond acceptors (Lipinski definition) is 3. The van der Waals surface area contributed by atoms with Crippen molar-refractivity contribution in [2.75, 3.05) is 37.6 Å². The Labute approximate surface area is 180 Å². The van der Waals surface area contributed by atoms with Crippen LogP contribution in [-0.4, -0.2) is 50.1 Å². The van der Waals surface area contributed by atoms with Gasteiger partial charge in [0.1, 0.15) is 6.54 Å².